The highest BCUT2D eigenvalue weighted by Crippen LogP contribution is 2.40. The summed E-state index contributed by atoms with van der Waals surface area (Å²) >= 11 is 0. The molecule has 23 nitrogen and oxygen atoms in total. The highest BCUT2D eigenvalue weighted by atomic mass is 16.7. The van der Waals surface area contributed by atoms with Crippen LogP contribution in [-0.4, -0.2) is 178 Å². The molecular formula is C42H46O23. The highest BCUT2D eigenvalue weighted by molar-refractivity contribution is 5.89. The van der Waals surface area contributed by atoms with Crippen LogP contribution in [-0.2, 0) is 28.5 Å². The van der Waals surface area contributed by atoms with Crippen LogP contribution in [0.4, 0.5) is 0 Å². The molecule has 4 aromatic rings. The minimum atomic E-state index is -1.99. The fraction of sp³-hybridized carbons (Fsp3) is 0.429. The Kier molecular flexibility index (Phi) is 14.2. The first-order chi connectivity index (χ1) is 30.9. The van der Waals surface area contributed by atoms with Gasteiger partial charge >= 0.3 is 5.97 Å². The molecular weight excluding hydrogens is 872 g/mol. The molecule has 0 aliphatic carbocycles. The van der Waals surface area contributed by atoms with Gasteiger partial charge in [-0.05, 0) is 48.9 Å². The van der Waals surface area contributed by atoms with Crippen LogP contribution in [0.3, 0.4) is 0 Å². The van der Waals surface area contributed by atoms with Crippen molar-refractivity contribution in [1.29, 1.82) is 0 Å². The molecule has 15 atom stereocenters. The van der Waals surface area contributed by atoms with Crippen molar-refractivity contribution in [3.05, 3.63) is 76.5 Å². The van der Waals surface area contributed by atoms with Gasteiger partial charge in [0.1, 0.15) is 102 Å². The average Bonchev–Trinajstić information content (AvgIpc) is 3.27. The number of fused-ring (bicyclic) bond motifs is 1. The van der Waals surface area contributed by atoms with Crippen molar-refractivity contribution in [1.82, 2.24) is 0 Å². The zero-order valence-electron chi connectivity index (χ0n) is 33.8. The van der Waals surface area contributed by atoms with E-state index >= 15 is 0 Å². The number of benzene rings is 3. The van der Waals surface area contributed by atoms with Crippen molar-refractivity contribution < 1.29 is 109 Å². The van der Waals surface area contributed by atoms with Crippen molar-refractivity contribution in [2.24, 2.45) is 0 Å². The van der Waals surface area contributed by atoms with Gasteiger partial charge in [-0.25, -0.2) is 4.79 Å². The Balaban J connectivity index is 1.12. The number of carbonyl (C=O) groups excluding carboxylic acids is 1. The molecule has 13 N–H and O–H groups in total. The number of rotatable bonds is 12. The SMILES string of the molecule is C[C@@H]1O[C@@H](Oc2cc(O)c3c(=O)c(O[C@@H]4O[C@H](CO)[C@@H](O)[C@H](O)[C@H]4O)c(-c4ccc(O)c(O)c4)oc3c2)[C@H](O)[C@H](O[C@@H]2O[C@H](COC(=O)C=Cc3ccc(O)cc3)[C@@H](O)[C@H](O)[C@H]2O)[C@H]1O. The zero-order valence-corrected chi connectivity index (χ0v) is 33.8. The first-order valence-corrected chi connectivity index (χ1v) is 19.9. The molecule has 4 heterocycles. The summed E-state index contributed by atoms with van der Waals surface area (Å²) in [5, 5.41) is 136. The molecule has 3 fully saturated rings. The Morgan fingerprint density at radius 1 is 0.677 bits per heavy atom. The lowest BCUT2D eigenvalue weighted by Gasteiger charge is -2.45. The van der Waals surface area contributed by atoms with E-state index in [1.54, 1.807) is 0 Å². The molecule has 0 spiro atoms. The van der Waals surface area contributed by atoms with E-state index < -0.39 is 156 Å². The average molecular weight is 919 g/mol. The molecule has 0 unspecified atom stereocenters. The van der Waals surface area contributed by atoms with Gasteiger partial charge in [-0.1, -0.05) is 12.1 Å². The van der Waals surface area contributed by atoms with Crippen LogP contribution >= 0.6 is 0 Å². The maximum atomic E-state index is 14.1. The maximum absolute atomic E-state index is 14.1. The van der Waals surface area contributed by atoms with E-state index in [2.05, 4.69) is 0 Å². The van der Waals surface area contributed by atoms with Gasteiger partial charge in [0.2, 0.25) is 23.8 Å². The van der Waals surface area contributed by atoms with Crippen LogP contribution in [0.15, 0.2) is 69.9 Å². The fourth-order valence-corrected chi connectivity index (χ4v) is 7.24. The van der Waals surface area contributed by atoms with Crippen molar-refractivity contribution >= 4 is 23.0 Å². The van der Waals surface area contributed by atoms with Crippen LogP contribution < -0.4 is 14.9 Å². The van der Waals surface area contributed by atoms with Gasteiger partial charge in [0, 0.05) is 23.8 Å². The second-order valence-corrected chi connectivity index (χ2v) is 15.4. The number of carbonyl (C=O) groups is 1. The largest absolute Gasteiger partial charge is 0.508 e. The summed E-state index contributed by atoms with van der Waals surface area (Å²) in [6.07, 6.45) is -23.9. The van der Waals surface area contributed by atoms with E-state index in [1.165, 1.54) is 43.3 Å². The van der Waals surface area contributed by atoms with Crippen LogP contribution in [0.5, 0.6) is 34.5 Å². The van der Waals surface area contributed by atoms with Crippen molar-refractivity contribution in [2.75, 3.05) is 13.2 Å². The molecule has 3 aliphatic rings. The maximum Gasteiger partial charge on any atom is 0.330 e. The lowest BCUT2D eigenvalue weighted by Crippen LogP contribution is -2.64. The third-order valence-corrected chi connectivity index (χ3v) is 10.9. The Morgan fingerprint density at radius 3 is 2.00 bits per heavy atom. The number of aromatic hydroxyl groups is 4. The van der Waals surface area contributed by atoms with Crippen LogP contribution in [0.25, 0.3) is 28.4 Å². The molecule has 0 saturated carbocycles. The highest BCUT2D eigenvalue weighted by Gasteiger charge is 2.51. The smallest absolute Gasteiger partial charge is 0.330 e. The van der Waals surface area contributed by atoms with E-state index in [9.17, 15) is 76.0 Å². The molecule has 352 valence electrons. The fourth-order valence-electron chi connectivity index (χ4n) is 7.24. The monoisotopic (exact) mass is 918 g/mol. The first-order valence-electron chi connectivity index (χ1n) is 19.9. The van der Waals surface area contributed by atoms with E-state index in [4.69, 9.17) is 37.6 Å². The Bertz CT molecular complexity index is 2400. The van der Waals surface area contributed by atoms with E-state index in [0.29, 0.717) is 5.56 Å². The second-order valence-electron chi connectivity index (χ2n) is 15.4. The molecule has 23 heteroatoms. The second kappa shape index (κ2) is 19.4. The third kappa shape index (κ3) is 9.83. The minimum absolute atomic E-state index is 0.0134. The summed E-state index contributed by atoms with van der Waals surface area (Å²) in [6, 6.07) is 11.0. The minimum Gasteiger partial charge on any atom is -0.508 e. The Hall–Kier alpha value is -5.64. The number of hydrogen-bond acceptors (Lipinski definition) is 23. The standard InChI is InChI=1S/C42H46O23/c1-15-28(49)38(64-41-35(56)33(54)30(51)25(63-41)14-58-26(48)9-4-16-2-6-18(44)7-3-16)36(57)42(59-15)60-19-11-22(47)27-23(12-19)61-37(17-5-8-20(45)21(46)10-17)39(31(27)52)65-40-34(55)32(53)29(50)24(13-43)62-40/h2-12,15,24-25,28-30,32-36,38,40-47,49-51,53-57H,13-14H2,1H3/t15-,24+,25+,28-,29+,30+,32-,33-,34+,35+,36+,38+,40-,41-,42-/m0/s1. The summed E-state index contributed by atoms with van der Waals surface area (Å²) in [5.41, 5.74) is -1.11. The molecule has 65 heavy (non-hydrogen) atoms. The van der Waals surface area contributed by atoms with Gasteiger partial charge in [-0.3, -0.25) is 4.79 Å². The van der Waals surface area contributed by atoms with Gasteiger partial charge in [-0.2, -0.15) is 0 Å². The molecule has 3 saturated heterocycles. The predicted octanol–water partition coefficient (Wildman–Crippen LogP) is -2.24. The van der Waals surface area contributed by atoms with E-state index in [-0.39, 0.29) is 17.1 Å². The summed E-state index contributed by atoms with van der Waals surface area (Å²) < 4.78 is 45.1. The lowest BCUT2D eigenvalue weighted by atomic mass is 9.97. The van der Waals surface area contributed by atoms with Crippen molar-refractivity contribution in [3.8, 4) is 45.8 Å². The molecule has 0 bridgehead atoms. The number of aliphatic hydroxyl groups excluding tert-OH is 9. The number of phenolic OH excluding ortho intramolecular Hbond substituents is 4. The molecule has 0 radical (unpaired) electrons. The summed E-state index contributed by atoms with van der Waals surface area (Å²) in [5.74, 6) is -4.52. The molecule has 7 rings (SSSR count). The van der Waals surface area contributed by atoms with Gasteiger partial charge in [0.05, 0.1) is 12.7 Å². The van der Waals surface area contributed by atoms with Crippen LogP contribution in [0.2, 0.25) is 0 Å². The van der Waals surface area contributed by atoms with Crippen molar-refractivity contribution in [2.45, 2.75) is 99.0 Å². The molecule has 1 aromatic heterocycles. The summed E-state index contributed by atoms with van der Waals surface area (Å²) in [4.78, 5) is 26.5. The molecule has 0 amide bonds. The summed E-state index contributed by atoms with van der Waals surface area (Å²) in [6.45, 7) is -0.125. The summed E-state index contributed by atoms with van der Waals surface area (Å²) in [7, 11) is 0. The topological polar surface area (TPSA) is 375 Å². The molecule has 3 aliphatic heterocycles. The van der Waals surface area contributed by atoms with Gasteiger partial charge in [-0.15, -0.1) is 0 Å². The predicted molar refractivity (Wildman–Crippen MR) is 214 cm³/mol. The number of hydrogen-bond donors (Lipinski definition) is 13. The Labute approximate surface area is 365 Å². The van der Waals surface area contributed by atoms with Crippen LogP contribution in [0.1, 0.15) is 12.5 Å². The number of esters is 1. The van der Waals surface area contributed by atoms with Crippen molar-refractivity contribution in [3.63, 3.8) is 0 Å². The number of phenols is 4. The van der Waals surface area contributed by atoms with E-state index in [1.807, 2.05) is 0 Å². The Morgan fingerprint density at radius 2 is 1.32 bits per heavy atom. The van der Waals surface area contributed by atoms with Gasteiger partial charge in [0.15, 0.2) is 23.5 Å². The van der Waals surface area contributed by atoms with E-state index in [0.717, 1.165) is 30.3 Å². The number of ether oxygens (including phenoxy) is 7. The lowest BCUT2D eigenvalue weighted by molar-refractivity contribution is -0.350. The quantitative estimate of drug-likeness (QED) is 0.0406. The first kappa shape index (κ1) is 47.3. The zero-order chi connectivity index (χ0) is 47.0. The third-order valence-electron chi connectivity index (χ3n) is 10.9. The number of aliphatic hydroxyl groups is 9. The van der Waals surface area contributed by atoms with Crippen LogP contribution in [0, 0.1) is 0 Å². The molecule has 3 aromatic carbocycles. The normalized spacial score (nSPS) is 32.9. The van der Waals surface area contributed by atoms with Gasteiger partial charge in [0.25, 0.3) is 0 Å². The van der Waals surface area contributed by atoms with Gasteiger partial charge < -0.3 is 104 Å².